The highest BCUT2D eigenvalue weighted by molar-refractivity contribution is 5.27. The van der Waals surface area contributed by atoms with E-state index in [0.717, 1.165) is 17.9 Å². The fourth-order valence-electron chi connectivity index (χ4n) is 2.42. The summed E-state index contributed by atoms with van der Waals surface area (Å²) >= 11 is 0. The van der Waals surface area contributed by atoms with Crippen LogP contribution in [0.4, 0.5) is 4.39 Å². The summed E-state index contributed by atoms with van der Waals surface area (Å²) in [5.74, 6) is 1.19. The van der Waals surface area contributed by atoms with Crippen molar-refractivity contribution in [2.24, 2.45) is 5.92 Å². The Balaban J connectivity index is 2.23. The third kappa shape index (κ3) is 3.88. The Morgan fingerprint density at radius 3 is 2.76 bits per heavy atom. The molecule has 5 heteroatoms. The number of benzene rings is 1. The van der Waals surface area contributed by atoms with Crippen LogP contribution in [0.1, 0.15) is 36.8 Å². The van der Waals surface area contributed by atoms with Crippen molar-refractivity contribution in [3.8, 4) is 0 Å². The van der Waals surface area contributed by atoms with Crippen LogP contribution in [0.2, 0.25) is 0 Å². The molecule has 0 aliphatic carbocycles. The Hall–Kier alpha value is -1.75. The largest absolute Gasteiger partial charge is 0.313 e. The van der Waals surface area contributed by atoms with E-state index in [1.807, 2.05) is 24.7 Å². The fraction of sp³-hybridized carbons (Fsp3) is 0.500. The van der Waals surface area contributed by atoms with Crippen LogP contribution in [0.3, 0.4) is 0 Å². The minimum absolute atomic E-state index is 0.111. The Labute approximate surface area is 125 Å². The molecular weight excluding hydrogens is 267 g/mol. The van der Waals surface area contributed by atoms with Crippen molar-refractivity contribution < 1.29 is 4.39 Å². The van der Waals surface area contributed by atoms with Crippen LogP contribution in [0.5, 0.6) is 0 Å². The van der Waals surface area contributed by atoms with Crippen LogP contribution >= 0.6 is 0 Å². The molecule has 0 saturated heterocycles. The highest BCUT2D eigenvalue weighted by Crippen LogP contribution is 2.21. The van der Waals surface area contributed by atoms with Crippen molar-refractivity contribution in [2.45, 2.75) is 39.8 Å². The number of nitrogens with zero attached hydrogens (tertiary/aromatic N) is 3. The number of rotatable bonds is 6. The van der Waals surface area contributed by atoms with Crippen molar-refractivity contribution >= 4 is 0 Å². The number of likely N-dealkylation sites (N-methyl/N-ethyl adjacent to an activating group) is 1. The molecule has 114 valence electrons. The van der Waals surface area contributed by atoms with Gasteiger partial charge in [0.1, 0.15) is 18.0 Å². The lowest BCUT2D eigenvalue weighted by Crippen LogP contribution is -2.23. The average Bonchev–Trinajstić information content (AvgIpc) is 2.85. The van der Waals surface area contributed by atoms with Gasteiger partial charge in [0, 0.05) is 24.6 Å². The Bertz CT molecular complexity index is 592. The van der Waals surface area contributed by atoms with Crippen LogP contribution in [0.25, 0.3) is 0 Å². The normalized spacial score (nSPS) is 12.9. The van der Waals surface area contributed by atoms with E-state index < -0.39 is 0 Å². The number of hydrogen-bond acceptors (Lipinski definition) is 3. The molecule has 1 atom stereocenters. The van der Waals surface area contributed by atoms with Gasteiger partial charge in [-0.05, 0) is 26.0 Å². The highest BCUT2D eigenvalue weighted by atomic mass is 19.1. The molecule has 1 aromatic heterocycles. The maximum atomic E-state index is 14.1. The summed E-state index contributed by atoms with van der Waals surface area (Å²) in [5, 5.41) is 7.45. The minimum Gasteiger partial charge on any atom is -0.313 e. The van der Waals surface area contributed by atoms with Crippen LogP contribution in [-0.4, -0.2) is 21.8 Å². The van der Waals surface area contributed by atoms with Crippen molar-refractivity contribution in [1.29, 1.82) is 0 Å². The molecule has 2 aromatic rings. The molecule has 2 rings (SSSR count). The monoisotopic (exact) mass is 290 g/mol. The minimum atomic E-state index is -0.185. The van der Waals surface area contributed by atoms with E-state index in [9.17, 15) is 4.39 Å². The summed E-state index contributed by atoms with van der Waals surface area (Å²) in [6.07, 6.45) is 2.18. The molecule has 0 spiro atoms. The van der Waals surface area contributed by atoms with Gasteiger partial charge >= 0.3 is 0 Å². The molecule has 21 heavy (non-hydrogen) atoms. The molecule has 0 aliphatic heterocycles. The molecule has 0 bridgehead atoms. The second-order valence-electron chi connectivity index (χ2n) is 5.82. The number of nitrogens with one attached hydrogen (secondary N) is 1. The van der Waals surface area contributed by atoms with E-state index >= 15 is 0 Å². The summed E-state index contributed by atoms with van der Waals surface area (Å²) in [4.78, 5) is 4.32. The number of aromatic nitrogens is 3. The first kappa shape index (κ1) is 15.6. The Morgan fingerprint density at radius 2 is 2.10 bits per heavy atom. The van der Waals surface area contributed by atoms with Gasteiger partial charge in [-0.25, -0.2) is 14.1 Å². The molecule has 1 N–H and O–H groups in total. The van der Waals surface area contributed by atoms with E-state index in [2.05, 4.69) is 29.2 Å². The maximum absolute atomic E-state index is 14.1. The SMILES string of the molecule is CNC(Cc1ncnn1CC(C)C)c1cc(C)ccc1F. The smallest absolute Gasteiger partial charge is 0.138 e. The first-order valence-corrected chi connectivity index (χ1v) is 7.31. The summed E-state index contributed by atoms with van der Waals surface area (Å²) < 4.78 is 16.0. The third-order valence-corrected chi connectivity index (χ3v) is 3.50. The highest BCUT2D eigenvalue weighted by Gasteiger charge is 2.18. The van der Waals surface area contributed by atoms with Gasteiger partial charge < -0.3 is 5.32 Å². The van der Waals surface area contributed by atoms with Gasteiger partial charge in [0.25, 0.3) is 0 Å². The fourth-order valence-corrected chi connectivity index (χ4v) is 2.42. The predicted octanol–water partition coefficient (Wildman–Crippen LogP) is 2.88. The summed E-state index contributed by atoms with van der Waals surface area (Å²) in [7, 11) is 1.84. The molecule has 0 aliphatic rings. The molecule has 1 aromatic carbocycles. The van der Waals surface area contributed by atoms with Crippen LogP contribution in [0.15, 0.2) is 24.5 Å². The lowest BCUT2D eigenvalue weighted by Gasteiger charge is -2.18. The first-order chi connectivity index (χ1) is 10.0. The molecular formula is C16H23FN4. The van der Waals surface area contributed by atoms with Crippen LogP contribution in [0, 0.1) is 18.7 Å². The maximum Gasteiger partial charge on any atom is 0.138 e. The van der Waals surface area contributed by atoms with E-state index in [-0.39, 0.29) is 11.9 Å². The van der Waals surface area contributed by atoms with Gasteiger partial charge in [0.2, 0.25) is 0 Å². The zero-order valence-corrected chi connectivity index (χ0v) is 13.1. The van der Waals surface area contributed by atoms with E-state index in [1.165, 1.54) is 6.07 Å². The molecule has 1 heterocycles. The van der Waals surface area contributed by atoms with Crippen molar-refractivity contribution in [1.82, 2.24) is 20.1 Å². The Kier molecular flexibility index (Phi) is 5.07. The average molecular weight is 290 g/mol. The number of halogens is 1. The second-order valence-corrected chi connectivity index (χ2v) is 5.82. The third-order valence-electron chi connectivity index (χ3n) is 3.50. The van der Waals surface area contributed by atoms with Gasteiger partial charge in [-0.2, -0.15) is 5.10 Å². The second kappa shape index (κ2) is 6.80. The zero-order chi connectivity index (χ0) is 15.4. The van der Waals surface area contributed by atoms with Gasteiger partial charge in [-0.1, -0.05) is 31.5 Å². The topological polar surface area (TPSA) is 42.7 Å². The number of aryl methyl sites for hydroxylation is 1. The number of hydrogen-bond donors (Lipinski definition) is 1. The van der Waals surface area contributed by atoms with Gasteiger partial charge in [0.15, 0.2) is 0 Å². The predicted molar refractivity (Wildman–Crippen MR) is 81.5 cm³/mol. The molecule has 1 unspecified atom stereocenters. The molecule has 0 saturated carbocycles. The summed E-state index contributed by atoms with van der Waals surface area (Å²) in [5.41, 5.74) is 1.73. The van der Waals surface area contributed by atoms with Crippen LogP contribution < -0.4 is 5.32 Å². The molecule has 0 fully saturated rings. The van der Waals surface area contributed by atoms with Gasteiger partial charge in [-0.3, -0.25) is 0 Å². The zero-order valence-electron chi connectivity index (χ0n) is 13.1. The standard InChI is InChI=1S/C16H23FN4/c1-11(2)9-21-16(19-10-20-21)8-15(18-4)13-7-12(3)5-6-14(13)17/h5-7,10-11,15,18H,8-9H2,1-4H3. The lowest BCUT2D eigenvalue weighted by molar-refractivity contribution is 0.447. The van der Waals surface area contributed by atoms with E-state index in [4.69, 9.17) is 0 Å². The summed E-state index contributed by atoms with van der Waals surface area (Å²) in [6, 6.07) is 5.08. The summed E-state index contributed by atoms with van der Waals surface area (Å²) in [6.45, 7) is 7.07. The molecule has 0 radical (unpaired) electrons. The van der Waals surface area contributed by atoms with Crippen LogP contribution in [-0.2, 0) is 13.0 Å². The van der Waals surface area contributed by atoms with Crippen molar-refractivity contribution in [3.05, 3.63) is 47.3 Å². The van der Waals surface area contributed by atoms with E-state index in [0.29, 0.717) is 17.9 Å². The Morgan fingerprint density at radius 1 is 1.33 bits per heavy atom. The van der Waals surface area contributed by atoms with E-state index in [1.54, 1.807) is 12.4 Å². The van der Waals surface area contributed by atoms with Crippen molar-refractivity contribution in [3.63, 3.8) is 0 Å². The van der Waals surface area contributed by atoms with Crippen molar-refractivity contribution in [2.75, 3.05) is 7.05 Å². The first-order valence-electron chi connectivity index (χ1n) is 7.31. The lowest BCUT2D eigenvalue weighted by atomic mass is 10.0. The van der Waals surface area contributed by atoms with Gasteiger partial charge in [-0.15, -0.1) is 0 Å². The molecule has 0 amide bonds. The van der Waals surface area contributed by atoms with Gasteiger partial charge in [0.05, 0.1) is 0 Å². The molecule has 4 nitrogen and oxygen atoms in total. The quantitative estimate of drug-likeness (QED) is 0.889.